The molecule has 4 amide bonds. The molecule has 13 nitrogen and oxygen atoms in total. The van der Waals surface area contributed by atoms with E-state index in [1.165, 1.54) is 13.8 Å². The predicted molar refractivity (Wildman–Crippen MR) is 110 cm³/mol. The van der Waals surface area contributed by atoms with Crippen molar-refractivity contribution in [1.82, 2.24) is 16.0 Å². The van der Waals surface area contributed by atoms with Gasteiger partial charge in [-0.1, -0.05) is 6.42 Å². The largest absolute Gasteiger partial charge is 0.480 e. The molecule has 0 radical (unpaired) electrons. The number of nitrogens with one attached hydrogen (secondary N) is 3. The molecule has 0 aliphatic rings. The average Bonchev–Trinajstić information content (AvgIpc) is 2.68. The fourth-order valence-electron chi connectivity index (χ4n) is 2.50. The first-order chi connectivity index (χ1) is 14.4. The maximum Gasteiger partial charge on any atom is 0.325 e. The van der Waals surface area contributed by atoms with E-state index in [0.29, 0.717) is 25.8 Å². The van der Waals surface area contributed by atoms with Crippen LogP contribution in [-0.4, -0.2) is 76.6 Å². The second kappa shape index (κ2) is 14.3. The number of hydrogen-bond acceptors (Lipinski definition) is 8. The normalized spacial score (nSPS) is 15.6. The molecule has 31 heavy (non-hydrogen) atoms. The first-order valence-electron chi connectivity index (χ1n) is 9.96. The average molecular weight is 447 g/mol. The highest BCUT2D eigenvalue weighted by atomic mass is 16.4. The molecule has 0 bridgehead atoms. The standard InChI is InChI=1S/C18H34N6O7/c1-9(18(30)31)22-16(28)12(6-7-13(21)26)23-17(29)14(10(2)25)24-15(27)11(20)5-3-4-8-19/h9-12,14,25H,3-8,19-20H2,1-2H3,(H2,21,26)(H,22,28)(H,23,29)(H,24,27)(H,30,31). The first kappa shape index (κ1) is 28.2. The lowest BCUT2D eigenvalue weighted by Gasteiger charge is -2.26. The summed E-state index contributed by atoms with van der Waals surface area (Å²) in [5, 5.41) is 25.7. The number of carbonyl (C=O) groups excluding carboxylic acids is 4. The summed E-state index contributed by atoms with van der Waals surface area (Å²) in [6.45, 7) is 2.93. The van der Waals surface area contributed by atoms with Gasteiger partial charge in [-0.25, -0.2) is 0 Å². The number of primary amides is 1. The lowest BCUT2D eigenvalue weighted by atomic mass is 10.1. The van der Waals surface area contributed by atoms with E-state index in [1.807, 2.05) is 0 Å². The van der Waals surface area contributed by atoms with Crippen molar-refractivity contribution < 1.29 is 34.2 Å². The summed E-state index contributed by atoms with van der Waals surface area (Å²) < 4.78 is 0. The van der Waals surface area contributed by atoms with Crippen molar-refractivity contribution in [1.29, 1.82) is 0 Å². The van der Waals surface area contributed by atoms with Crippen molar-refractivity contribution in [2.75, 3.05) is 6.54 Å². The molecule has 0 heterocycles. The van der Waals surface area contributed by atoms with Crippen LogP contribution in [0.4, 0.5) is 0 Å². The molecule has 0 spiro atoms. The van der Waals surface area contributed by atoms with E-state index in [1.54, 1.807) is 0 Å². The van der Waals surface area contributed by atoms with Crippen LogP contribution in [0.1, 0.15) is 46.0 Å². The van der Waals surface area contributed by atoms with Crippen molar-refractivity contribution in [2.24, 2.45) is 17.2 Å². The van der Waals surface area contributed by atoms with E-state index in [-0.39, 0.29) is 12.8 Å². The van der Waals surface area contributed by atoms with Crippen LogP contribution in [0, 0.1) is 0 Å². The molecule has 0 aliphatic carbocycles. The Hall–Kier alpha value is -2.77. The van der Waals surface area contributed by atoms with Gasteiger partial charge in [0.25, 0.3) is 0 Å². The lowest BCUT2D eigenvalue weighted by Crippen LogP contribution is -2.59. The number of unbranched alkanes of at least 4 members (excludes halogenated alkanes) is 1. The van der Waals surface area contributed by atoms with Crippen LogP contribution in [-0.2, 0) is 24.0 Å². The molecular formula is C18H34N6O7. The van der Waals surface area contributed by atoms with Gasteiger partial charge in [0.05, 0.1) is 12.1 Å². The zero-order valence-electron chi connectivity index (χ0n) is 17.8. The van der Waals surface area contributed by atoms with Gasteiger partial charge in [-0.2, -0.15) is 0 Å². The van der Waals surface area contributed by atoms with E-state index in [9.17, 15) is 29.1 Å². The highest BCUT2D eigenvalue weighted by molar-refractivity contribution is 5.94. The minimum absolute atomic E-state index is 0.210. The summed E-state index contributed by atoms with van der Waals surface area (Å²) >= 11 is 0. The summed E-state index contributed by atoms with van der Waals surface area (Å²) in [6.07, 6.45) is -0.206. The number of aliphatic carboxylic acids is 1. The van der Waals surface area contributed by atoms with Crippen LogP contribution in [0.15, 0.2) is 0 Å². The third-order valence-electron chi connectivity index (χ3n) is 4.41. The highest BCUT2D eigenvalue weighted by Gasteiger charge is 2.31. The van der Waals surface area contributed by atoms with E-state index in [4.69, 9.17) is 22.3 Å². The van der Waals surface area contributed by atoms with Crippen LogP contribution in [0.3, 0.4) is 0 Å². The molecule has 5 unspecified atom stereocenters. The number of carboxylic acids is 1. The molecule has 0 saturated carbocycles. The summed E-state index contributed by atoms with van der Waals surface area (Å²) in [5.74, 6) is -4.48. The van der Waals surface area contributed by atoms with Crippen LogP contribution in [0.2, 0.25) is 0 Å². The minimum Gasteiger partial charge on any atom is -0.480 e. The molecule has 5 atom stereocenters. The Balaban J connectivity index is 5.23. The highest BCUT2D eigenvalue weighted by Crippen LogP contribution is 2.04. The maximum absolute atomic E-state index is 12.6. The van der Waals surface area contributed by atoms with Gasteiger partial charge in [0.15, 0.2) is 0 Å². The van der Waals surface area contributed by atoms with E-state index in [0.717, 1.165) is 0 Å². The van der Waals surface area contributed by atoms with Crippen LogP contribution < -0.4 is 33.2 Å². The molecule has 0 aromatic carbocycles. The van der Waals surface area contributed by atoms with Gasteiger partial charge in [0.2, 0.25) is 23.6 Å². The number of aliphatic hydroxyl groups is 1. The fourth-order valence-corrected chi connectivity index (χ4v) is 2.50. The van der Waals surface area contributed by atoms with Crippen LogP contribution in [0.5, 0.6) is 0 Å². The molecule has 0 aromatic heterocycles. The Morgan fingerprint density at radius 1 is 0.903 bits per heavy atom. The summed E-state index contributed by atoms with van der Waals surface area (Å²) in [4.78, 5) is 59.3. The number of hydrogen-bond donors (Lipinski definition) is 8. The van der Waals surface area contributed by atoms with Gasteiger partial charge in [0.1, 0.15) is 18.1 Å². The van der Waals surface area contributed by atoms with Crippen molar-refractivity contribution in [3.8, 4) is 0 Å². The van der Waals surface area contributed by atoms with Crippen LogP contribution >= 0.6 is 0 Å². The van der Waals surface area contributed by atoms with Crippen molar-refractivity contribution in [3.05, 3.63) is 0 Å². The Morgan fingerprint density at radius 2 is 1.52 bits per heavy atom. The monoisotopic (exact) mass is 446 g/mol. The van der Waals surface area contributed by atoms with Crippen molar-refractivity contribution in [3.63, 3.8) is 0 Å². The second-order valence-electron chi connectivity index (χ2n) is 7.25. The number of amides is 4. The number of carbonyl (C=O) groups is 5. The molecular weight excluding hydrogens is 412 g/mol. The predicted octanol–water partition coefficient (Wildman–Crippen LogP) is -3.35. The van der Waals surface area contributed by atoms with Crippen molar-refractivity contribution in [2.45, 2.75) is 76.2 Å². The molecule has 0 saturated heterocycles. The van der Waals surface area contributed by atoms with Gasteiger partial charge in [-0.3, -0.25) is 24.0 Å². The quantitative estimate of drug-likeness (QED) is 0.117. The Morgan fingerprint density at radius 3 is 2.00 bits per heavy atom. The number of carboxylic acid groups (broad SMARTS) is 1. The summed E-state index contributed by atoms with van der Waals surface area (Å²) in [6, 6.07) is -4.93. The third kappa shape index (κ3) is 11.3. The van der Waals surface area contributed by atoms with E-state index >= 15 is 0 Å². The summed E-state index contributed by atoms with van der Waals surface area (Å²) in [5.41, 5.74) is 16.3. The second-order valence-corrected chi connectivity index (χ2v) is 7.25. The van der Waals surface area contributed by atoms with Gasteiger partial charge < -0.3 is 43.4 Å². The van der Waals surface area contributed by atoms with E-state index in [2.05, 4.69) is 16.0 Å². The number of aliphatic hydroxyl groups excluding tert-OH is 1. The molecule has 0 rings (SSSR count). The molecule has 13 heteroatoms. The minimum atomic E-state index is -1.44. The SMILES string of the molecule is CC(NC(=O)C(CCC(N)=O)NC(=O)C(NC(=O)C(N)CCCCN)C(C)O)C(=O)O. The lowest BCUT2D eigenvalue weighted by molar-refractivity contribution is -0.142. The van der Waals surface area contributed by atoms with E-state index < -0.39 is 59.9 Å². The molecule has 0 fully saturated rings. The van der Waals surface area contributed by atoms with Gasteiger partial charge in [0, 0.05) is 6.42 Å². The molecule has 178 valence electrons. The van der Waals surface area contributed by atoms with Gasteiger partial charge >= 0.3 is 5.97 Å². The molecule has 0 aliphatic heterocycles. The number of nitrogens with two attached hydrogens (primary N) is 3. The fraction of sp³-hybridized carbons (Fsp3) is 0.722. The van der Waals surface area contributed by atoms with Gasteiger partial charge in [-0.05, 0) is 39.7 Å². The first-order valence-corrected chi connectivity index (χ1v) is 9.96. The van der Waals surface area contributed by atoms with Crippen LogP contribution in [0.25, 0.3) is 0 Å². The smallest absolute Gasteiger partial charge is 0.325 e. The molecule has 11 N–H and O–H groups in total. The zero-order valence-corrected chi connectivity index (χ0v) is 17.8. The van der Waals surface area contributed by atoms with Gasteiger partial charge in [-0.15, -0.1) is 0 Å². The molecule has 0 aromatic rings. The third-order valence-corrected chi connectivity index (χ3v) is 4.41. The Kier molecular flexibility index (Phi) is 13.0. The summed E-state index contributed by atoms with van der Waals surface area (Å²) in [7, 11) is 0. The number of rotatable bonds is 15. The maximum atomic E-state index is 12.6. The Bertz CT molecular complexity index is 643. The van der Waals surface area contributed by atoms with Crippen molar-refractivity contribution >= 4 is 29.6 Å². The topological polar surface area (TPSA) is 240 Å². The Labute approximate surface area is 180 Å². The zero-order chi connectivity index (χ0) is 24.1.